The lowest BCUT2D eigenvalue weighted by Gasteiger charge is -2.26. The van der Waals surface area contributed by atoms with Crippen molar-refractivity contribution in [3.05, 3.63) is 64.9 Å². The number of halogens is 2. The monoisotopic (exact) mass is 532 g/mol. The van der Waals surface area contributed by atoms with E-state index in [9.17, 15) is 22.0 Å². The summed E-state index contributed by atoms with van der Waals surface area (Å²) >= 11 is 0. The number of sulfonamides is 1. The summed E-state index contributed by atoms with van der Waals surface area (Å²) in [5.41, 5.74) is 3.20. The lowest BCUT2D eigenvalue weighted by atomic mass is 10.1. The Bertz CT molecular complexity index is 1400. The summed E-state index contributed by atoms with van der Waals surface area (Å²) in [6.07, 6.45) is 0.300. The summed E-state index contributed by atoms with van der Waals surface area (Å²) < 4.78 is 54.7. The van der Waals surface area contributed by atoms with Crippen molar-refractivity contribution in [2.75, 3.05) is 42.7 Å². The van der Waals surface area contributed by atoms with Crippen LogP contribution in [0.3, 0.4) is 0 Å². The number of carbonyl (C=O) groups excluding carboxylic acids is 1. The molecular formula is C25H30F2N6O3S. The normalized spacial score (nSPS) is 13.9. The van der Waals surface area contributed by atoms with Gasteiger partial charge in [0, 0.05) is 68.8 Å². The Balaban J connectivity index is 1.59. The van der Waals surface area contributed by atoms with Crippen molar-refractivity contribution < 1.29 is 22.0 Å². The average Bonchev–Trinajstić information content (AvgIpc) is 3.23. The zero-order valence-electron chi connectivity index (χ0n) is 21.1. The minimum absolute atomic E-state index is 0.0955. The molecule has 0 fully saturated rings. The Morgan fingerprint density at radius 3 is 2.51 bits per heavy atom. The molecule has 0 saturated carbocycles. The molecule has 0 atom stereocenters. The minimum Gasteiger partial charge on any atom is -0.384 e. The maximum Gasteiger partial charge on any atom is 0.258 e. The summed E-state index contributed by atoms with van der Waals surface area (Å²) in [5.74, 6) is -1.80. The van der Waals surface area contributed by atoms with Crippen molar-refractivity contribution in [2.45, 2.75) is 31.7 Å². The molecule has 3 aromatic rings. The Morgan fingerprint density at radius 2 is 1.86 bits per heavy atom. The van der Waals surface area contributed by atoms with Crippen LogP contribution in [0.4, 0.5) is 26.0 Å². The van der Waals surface area contributed by atoms with Gasteiger partial charge in [0.15, 0.2) is 5.82 Å². The molecule has 1 aliphatic rings. The average molecular weight is 533 g/mol. The highest BCUT2D eigenvalue weighted by Gasteiger charge is 2.32. The highest BCUT2D eigenvalue weighted by molar-refractivity contribution is 7.89. The topological polar surface area (TPSA) is 110 Å². The first-order valence-electron chi connectivity index (χ1n) is 11.8. The van der Waals surface area contributed by atoms with Crippen molar-refractivity contribution in [1.29, 1.82) is 0 Å². The van der Waals surface area contributed by atoms with Gasteiger partial charge in [-0.15, -0.1) is 0 Å². The number of H-pyrrole nitrogens is 1. The van der Waals surface area contributed by atoms with Gasteiger partial charge in [-0.2, -0.15) is 9.40 Å². The molecule has 0 aliphatic carbocycles. The van der Waals surface area contributed by atoms with Gasteiger partial charge in [-0.25, -0.2) is 17.2 Å². The van der Waals surface area contributed by atoms with Crippen molar-refractivity contribution >= 4 is 33.1 Å². The molecule has 0 radical (unpaired) electrons. The Hall–Kier alpha value is -3.51. The van der Waals surface area contributed by atoms with E-state index in [1.807, 2.05) is 31.1 Å². The van der Waals surface area contributed by atoms with Gasteiger partial charge in [0.05, 0.1) is 10.5 Å². The second kappa shape index (κ2) is 10.5. The van der Waals surface area contributed by atoms with E-state index in [0.717, 1.165) is 22.1 Å². The fourth-order valence-electron chi connectivity index (χ4n) is 4.05. The Labute approximate surface area is 214 Å². The van der Waals surface area contributed by atoms with Crippen LogP contribution < -0.4 is 15.5 Å². The number of hydrogen-bond donors (Lipinski definition) is 3. The molecule has 37 heavy (non-hydrogen) atoms. The maximum atomic E-state index is 13.7. The summed E-state index contributed by atoms with van der Waals surface area (Å²) in [5, 5.41) is 13.2. The molecule has 2 aromatic carbocycles. The van der Waals surface area contributed by atoms with E-state index in [0.29, 0.717) is 47.5 Å². The van der Waals surface area contributed by atoms with E-state index < -0.39 is 32.5 Å². The molecule has 9 nitrogen and oxygen atoms in total. The van der Waals surface area contributed by atoms with Crippen molar-refractivity contribution in [2.24, 2.45) is 5.92 Å². The predicted molar refractivity (Wildman–Crippen MR) is 138 cm³/mol. The number of nitrogens with one attached hydrogen (secondary N) is 3. The van der Waals surface area contributed by atoms with Crippen LogP contribution in [0.5, 0.6) is 0 Å². The second-order valence-corrected chi connectivity index (χ2v) is 11.5. The number of amides is 1. The number of hydrogen-bond acceptors (Lipinski definition) is 6. The van der Waals surface area contributed by atoms with Crippen LogP contribution in [0, 0.1) is 17.6 Å². The summed E-state index contributed by atoms with van der Waals surface area (Å²) in [6, 6.07) is 7.64. The molecule has 0 bridgehead atoms. The van der Waals surface area contributed by atoms with Gasteiger partial charge in [-0.3, -0.25) is 9.89 Å². The summed E-state index contributed by atoms with van der Waals surface area (Å²) in [7, 11) is -0.352. The van der Waals surface area contributed by atoms with Crippen molar-refractivity contribution in [3.63, 3.8) is 0 Å². The van der Waals surface area contributed by atoms with Crippen molar-refractivity contribution in [3.8, 4) is 0 Å². The molecule has 3 N–H and O–H groups in total. The van der Waals surface area contributed by atoms with Gasteiger partial charge in [-0.05, 0) is 36.2 Å². The Morgan fingerprint density at radius 1 is 1.16 bits per heavy atom. The van der Waals surface area contributed by atoms with E-state index in [4.69, 9.17) is 0 Å². The molecule has 4 rings (SSSR count). The second-order valence-electron chi connectivity index (χ2n) is 9.58. The third kappa shape index (κ3) is 5.75. The first-order valence-corrected chi connectivity index (χ1v) is 13.3. The third-order valence-corrected chi connectivity index (χ3v) is 7.89. The maximum absolute atomic E-state index is 13.7. The first kappa shape index (κ1) is 26.6. The largest absolute Gasteiger partial charge is 0.384 e. The van der Waals surface area contributed by atoms with Crippen LogP contribution in [-0.4, -0.2) is 56.0 Å². The van der Waals surface area contributed by atoms with E-state index in [1.165, 1.54) is 0 Å². The van der Waals surface area contributed by atoms with Crippen LogP contribution in [0.15, 0.2) is 41.3 Å². The molecular weight excluding hydrogens is 502 g/mol. The molecule has 0 saturated heterocycles. The number of aromatic amines is 1. The number of anilines is 3. The quantitative estimate of drug-likeness (QED) is 0.407. The molecule has 198 valence electrons. The number of rotatable bonds is 8. The molecule has 2 heterocycles. The van der Waals surface area contributed by atoms with Gasteiger partial charge in [-0.1, -0.05) is 13.8 Å². The fraction of sp³-hybridized carbons (Fsp3) is 0.360. The third-order valence-electron chi connectivity index (χ3n) is 6.07. The van der Waals surface area contributed by atoms with Crippen LogP contribution in [0.2, 0.25) is 0 Å². The van der Waals surface area contributed by atoms with E-state index >= 15 is 0 Å². The number of carbonyl (C=O) groups is 1. The van der Waals surface area contributed by atoms with E-state index in [2.05, 4.69) is 34.7 Å². The fourth-order valence-corrected chi connectivity index (χ4v) is 5.50. The smallest absolute Gasteiger partial charge is 0.258 e. The highest BCUT2D eigenvalue weighted by Crippen LogP contribution is 2.30. The number of aromatic nitrogens is 2. The van der Waals surface area contributed by atoms with Crippen LogP contribution >= 0.6 is 0 Å². The van der Waals surface area contributed by atoms with Gasteiger partial charge in [0.25, 0.3) is 5.91 Å². The number of fused-ring (bicyclic) bond motifs is 1. The summed E-state index contributed by atoms with van der Waals surface area (Å²) in [6.45, 7) is 4.79. The molecule has 1 aromatic heterocycles. The first-order chi connectivity index (χ1) is 17.5. The number of benzene rings is 2. The molecule has 0 spiro atoms. The van der Waals surface area contributed by atoms with E-state index in [1.54, 1.807) is 6.07 Å². The van der Waals surface area contributed by atoms with Crippen LogP contribution in [-0.2, 0) is 23.0 Å². The predicted octanol–water partition coefficient (Wildman–Crippen LogP) is 3.82. The SMILES string of the molecule is CC(C)CNc1cc(N(C)C)ccc1C(=O)Nc1n[nH]c2c1CN(S(=O)(=O)c1cc(F)cc(F)c1)CC2. The lowest BCUT2D eigenvalue weighted by Crippen LogP contribution is -2.36. The van der Waals surface area contributed by atoms with Gasteiger partial charge >= 0.3 is 0 Å². The zero-order chi connectivity index (χ0) is 26.9. The molecule has 1 amide bonds. The van der Waals surface area contributed by atoms with Gasteiger partial charge < -0.3 is 15.5 Å². The summed E-state index contributed by atoms with van der Waals surface area (Å²) in [4.78, 5) is 14.8. The van der Waals surface area contributed by atoms with Gasteiger partial charge in [0.2, 0.25) is 10.0 Å². The van der Waals surface area contributed by atoms with E-state index in [-0.39, 0.29) is 18.9 Å². The van der Waals surface area contributed by atoms with Crippen molar-refractivity contribution in [1.82, 2.24) is 14.5 Å². The minimum atomic E-state index is -4.18. The Kier molecular flexibility index (Phi) is 7.51. The van der Waals surface area contributed by atoms with Crippen LogP contribution in [0.25, 0.3) is 0 Å². The van der Waals surface area contributed by atoms with Crippen LogP contribution in [0.1, 0.15) is 35.5 Å². The van der Waals surface area contributed by atoms with Gasteiger partial charge in [0.1, 0.15) is 11.6 Å². The number of nitrogens with zero attached hydrogens (tertiary/aromatic N) is 3. The molecule has 12 heteroatoms. The highest BCUT2D eigenvalue weighted by atomic mass is 32.2. The molecule has 1 aliphatic heterocycles. The molecule has 0 unspecified atom stereocenters. The zero-order valence-corrected chi connectivity index (χ0v) is 21.9. The standard InChI is InChI=1S/C25H30F2N6O3S/c1-15(2)13-28-23-12-18(32(3)4)5-6-20(23)25(34)29-24-21-14-33(8-7-22(21)30-31-24)37(35,36)19-10-16(26)9-17(27)11-19/h5-6,9-12,15,28H,7-8,13-14H2,1-4H3,(H2,29,30,31,34). The lowest BCUT2D eigenvalue weighted by molar-refractivity contribution is 0.102.